The fraction of sp³-hybridized carbons (Fsp3) is 0.333. The van der Waals surface area contributed by atoms with E-state index in [0.29, 0.717) is 30.4 Å². The number of likely N-dealkylation sites (tertiary alicyclic amines) is 1. The van der Waals surface area contributed by atoms with E-state index in [-0.39, 0.29) is 29.9 Å². The van der Waals surface area contributed by atoms with E-state index in [1.807, 2.05) is 18.2 Å². The van der Waals surface area contributed by atoms with Crippen LogP contribution < -0.4 is 10.1 Å². The van der Waals surface area contributed by atoms with Crippen molar-refractivity contribution in [2.24, 2.45) is 0 Å². The Kier molecular flexibility index (Phi) is 7.50. The number of nitriles is 1. The van der Waals surface area contributed by atoms with Crippen molar-refractivity contribution in [3.05, 3.63) is 82.9 Å². The van der Waals surface area contributed by atoms with Crippen LogP contribution in [0.25, 0.3) is 11.0 Å². The Labute approximate surface area is 236 Å². The number of carbonyl (C=O) groups is 1. The van der Waals surface area contributed by atoms with Gasteiger partial charge < -0.3 is 24.5 Å². The molecule has 2 aromatic carbocycles. The number of carboxylic acid groups (broad SMARTS) is 1. The van der Waals surface area contributed by atoms with Gasteiger partial charge in [-0.2, -0.15) is 10.2 Å². The third kappa shape index (κ3) is 5.99. The maximum Gasteiger partial charge on any atom is 0.335 e. The van der Waals surface area contributed by atoms with Crippen molar-refractivity contribution in [1.29, 1.82) is 5.26 Å². The number of anilines is 1. The zero-order valence-corrected chi connectivity index (χ0v) is 22.3. The van der Waals surface area contributed by atoms with E-state index in [4.69, 9.17) is 19.7 Å². The lowest BCUT2D eigenvalue weighted by Gasteiger charge is -2.28. The molecule has 2 aliphatic heterocycles. The summed E-state index contributed by atoms with van der Waals surface area (Å²) in [5.41, 5.74) is 2.44. The third-order valence-electron chi connectivity index (χ3n) is 7.52. The predicted octanol–water partition coefficient (Wildman–Crippen LogP) is 4.19. The van der Waals surface area contributed by atoms with E-state index >= 15 is 0 Å². The summed E-state index contributed by atoms with van der Waals surface area (Å²) in [5, 5.41) is 21.9. The largest absolute Gasteiger partial charge is 0.478 e. The average molecular weight is 557 g/mol. The highest BCUT2D eigenvalue weighted by Gasteiger charge is 2.27. The minimum atomic E-state index is -0.959. The molecule has 0 amide bonds. The number of aromatic carboxylic acids is 1. The lowest BCUT2D eigenvalue weighted by atomic mass is 10.1. The smallest absolute Gasteiger partial charge is 0.335 e. The molecule has 2 aliphatic rings. The van der Waals surface area contributed by atoms with Crippen LogP contribution in [0.1, 0.15) is 40.2 Å². The fourth-order valence-corrected chi connectivity index (χ4v) is 5.23. The van der Waals surface area contributed by atoms with Gasteiger partial charge in [0, 0.05) is 37.4 Å². The molecule has 2 N–H and O–H groups in total. The summed E-state index contributed by atoms with van der Waals surface area (Å²) < 4.78 is 27.7. The van der Waals surface area contributed by atoms with Gasteiger partial charge in [0.2, 0.25) is 5.88 Å². The number of halogens is 1. The summed E-state index contributed by atoms with van der Waals surface area (Å²) >= 11 is 0. The van der Waals surface area contributed by atoms with Gasteiger partial charge in [0.25, 0.3) is 0 Å². The van der Waals surface area contributed by atoms with Crippen molar-refractivity contribution in [2.45, 2.75) is 44.7 Å². The van der Waals surface area contributed by atoms with Crippen molar-refractivity contribution in [3.63, 3.8) is 0 Å². The summed E-state index contributed by atoms with van der Waals surface area (Å²) in [4.78, 5) is 23.3. The number of nitrogens with one attached hydrogen (secondary N) is 1. The molecule has 2 atom stereocenters. The van der Waals surface area contributed by atoms with Crippen molar-refractivity contribution in [1.82, 2.24) is 19.4 Å². The summed E-state index contributed by atoms with van der Waals surface area (Å²) in [6, 6.07) is 16.9. The van der Waals surface area contributed by atoms with Crippen LogP contribution in [0.4, 0.5) is 10.2 Å². The molecule has 2 aromatic heterocycles. The molecule has 2 saturated heterocycles. The summed E-state index contributed by atoms with van der Waals surface area (Å²) in [6.07, 6.45) is 2.01. The van der Waals surface area contributed by atoms with E-state index in [1.54, 1.807) is 36.4 Å². The molecule has 4 heterocycles. The minimum Gasteiger partial charge on any atom is -0.478 e. The number of rotatable bonds is 10. The van der Waals surface area contributed by atoms with Crippen LogP contribution in [0.5, 0.6) is 5.88 Å². The molecule has 0 saturated carbocycles. The van der Waals surface area contributed by atoms with E-state index in [0.717, 1.165) is 49.4 Å². The Morgan fingerprint density at radius 2 is 2.07 bits per heavy atom. The number of fused-ring (bicyclic) bond motifs is 1. The quantitative estimate of drug-likeness (QED) is 0.296. The average Bonchev–Trinajstić information content (AvgIpc) is 3.53. The number of aromatic nitrogens is 3. The zero-order valence-electron chi connectivity index (χ0n) is 22.3. The van der Waals surface area contributed by atoms with Crippen LogP contribution in [0, 0.1) is 17.1 Å². The molecule has 0 aliphatic carbocycles. The third-order valence-corrected chi connectivity index (χ3v) is 7.52. The van der Waals surface area contributed by atoms with Crippen LogP contribution in [0.15, 0.2) is 54.6 Å². The fourth-order valence-electron chi connectivity index (χ4n) is 5.23. The van der Waals surface area contributed by atoms with Gasteiger partial charge in [0.1, 0.15) is 24.1 Å². The number of hydrogen-bond donors (Lipinski definition) is 2. The molecule has 0 radical (unpaired) electrons. The predicted molar refractivity (Wildman–Crippen MR) is 148 cm³/mol. The molecule has 0 bridgehead atoms. The van der Waals surface area contributed by atoms with Crippen molar-refractivity contribution < 1.29 is 23.8 Å². The van der Waals surface area contributed by atoms with Gasteiger partial charge in [-0.25, -0.2) is 14.2 Å². The molecule has 2 fully saturated rings. The monoisotopic (exact) mass is 556 g/mol. The molecule has 6 rings (SSSR count). The number of carboxylic acids is 1. The number of benzene rings is 2. The first-order valence-electron chi connectivity index (χ1n) is 13.6. The topological polar surface area (TPSA) is 126 Å². The Balaban J connectivity index is 1.09. The first-order valence-corrected chi connectivity index (χ1v) is 13.6. The van der Waals surface area contributed by atoms with Crippen molar-refractivity contribution in [2.75, 3.05) is 25.0 Å². The normalized spacial score (nSPS) is 18.6. The second-order valence-electron chi connectivity index (χ2n) is 10.4. The van der Waals surface area contributed by atoms with Crippen LogP contribution in [-0.2, 0) is 24.4 Å². The Morgan fingerprint density at radius 3 is 2.83 bits per heavy atom. The number of imidazole rings is 1. The molecule has 11 heteroatoms. The Hall–Kier alpha value is -4.53. The first-order chi connectivity index (χ1) is 19.9. The number of pyridine rings is 1. The van der Waals surface area contributed by atoms with Gasteiger partial charge in [0.15, 0.2) is 0 Å². The van der Waals surface area contributed by atoms with Crippen LogP contribution in [0.2, 0.25) is 0 Å². The van der Waals surface area contributed by atoms with E-state index < -0.39 is 11.8 Å². The standard InChI is InChI=1S/C30H29FN6O4/c31-24-12-19(14-32)4-5-21(24)18-41-29-3-1-2-27(35-29)33-22-8-10-36(15-22)17-28-34-25-7-6-20(30(38)39)13-26(25)37(28)16-23-9-11-40-23/h1-7,12-13,22-23H,8-11,15-18H2,(H,33,35)(H,38,39)/t22-,23-/m0/s1. The van der Waals surface area contributed by atoms with Crippen LogP contribution in [0.3, 0.4) is 0 Å². The van der Waals surface area contributed by atoms with Crippen molar-refractivity contribution >= 4 is 22.8 Å². The number of ether oxygens (including phenoxy) is 2. The first kappa shape index (κ1) is 26.7. The molecular formula is C30H29FN6O4. The number of hydrogen-bond acceptors (Lipinski definition) is 8. The van der Waals surface area contributed by atoms with E-state index in [2.05, 4.69) is 19.8 Å². The Morgan fingerprint density at radius 1 is 1.20 bits per heavy atom. The maximum absolute atomic E-state index is 14.2. The molecule has 10 nitrogen and oxygen atoms in total. The lowest BCUT2D eigenvalue weighted by molar-refractivity contribution is -0.0591. The highest BCUT2D eigenvalue weighted by Crippen LogP contribution is 2.25. The highest BCUT2D eigenvalue weighted by atomic mass is 19.1. The van der Waals surface area contributed by atoms with Gasteiger partial charge >= 0.3 is 5.97 Å². The second kappa shape index (κ2) is 11.5. The van der Waals surface area contributed by atoms with Crippen LogP contribution >= 0.6 is 0 Å². The zero-order chi connectivity index (χ0) is 28.3. The van der Waals surface area contributed by atoms with Gasteiger partial charge in [0.05, 0.1) is 47.4 Å². The Bertz CT molecular complexity index is 1630. The van der Waals surface area contributed by atoms with Gasteiger partial charge in [-0.3, -0.25) is 4.90 Å². The molecule has 0 spiro atoms. The van der Waals surface area contributed by atoms with Crippen LogP contribution in [-0.4, -0.2) is 62.4 Å². The molecule has 4 aromatic rings. The van der Waals surface area contributed by atoms with E-state index in [9.17, 15) is 14.3 Å². The van der Waals surface area contributed by atoms with Gasteiger partial charge in [-0.05, 0) is 49.2 Å². The SMILES string of the molecule is N#Cc1ccc(COc2cccc(N[C@H]3CCN(Cc4nc5ccc(C(=O)O)cc5n4C[C@@H]4CCO4)C3)n2)c(F)c1. The summed E-state index contributed by atoms with van der Waals surface area (Å²) in [7, 11) is 0. The molecular weight excluding hydrogens is 527 g/mol. The summed E-state index contributed by atoms with van der Waals surface area (Å²) in [6.45, 7) is 3.69. The second-order valence-corrected chi connectivity index (χ2v) is 10.4. The van der Waals surface area contributed by atoms with E-state index in [1.165, 1.54) is 6.07 Å². The summed E-state index contributed by atoms with van der Waals surface area (Å²) in [5.74, 6) is 0.494. The molecule has 210 valence electrons. The molecule has 41 heavy (non-hydrogen) atoms. The minimum absolute atomic E-state index is 0.00601. The van der Waals surface area contributed by atoms with Gasteiger partial charge in [-0.1, -0.05) is 12.1 Å². The lowest BCUT2D eigenvalue weighted by Crippen LogP contribution is -2.33. The van der Waals surface area contributed by atoms with Gasteiger partial charge in [-0.15, -0.1) is 0 Å². The maximum atomic E-state index is 14.2. The highest BCUT2D eigenvalue weighted by molar-refractivity contribution is 5.92. The molecule has 0 unspecified atom stereocenters. The number of nitrogens with zero attached hydrogens (tertiary/aromatic N) is 5. The van der Waals surface area contributed by atoms with Crippen molar-refractivity contribution in [3.8, 4) is 11.9 Å².